The summed E-state index contributed by atoms with van der Waals surface area (Å²) < 4.78 is 5.37. The largest absolute Gasteiger partial charge is 0.481 e. The molecular formula is C12H21NO3. The van der Waals surface area contributed by atoms with E-state index in [4.69, 9.17) is 4.74 Å². The molecule has 2 fully saturated rings. The summed E-state index contributed by atoms with van der Waals surface area (Å²) in [4.78, 5) is 13.7. The molecule has 0 aromatic rings. The molecule has 0 radical (unpaired) electrons. The summed E-state index contributed by atoms with van der Waals surface area (Å²) >= 11 is 0. The van der Waals surface area contributed by atoms with Gasteiger partial charge in [0.05, 0.1) is 5.92 Å². The van der Waals surface area contributed by atoms with E-state index in [2.05, 4.69) is 11.8 Å². The lowest BCUT2D eigenvalue weighted by Crippen LogP contribution is -2.40. The number of carboxylic acid groups (broad SMARTS) is 1. The Morgan fingerprint density at radius 1 is 1.50 bits per heavy atom. The topological polar surface area (TPSA) is 49.8 Å². The Balaban J connectivity index is 2.11. The number of ether oxygens (including phenoxy) is 1. The third-order valence-electron chi connectivity index (χ3n) is 4.04. The third kappa shape index (κ3) is 2.09. The number of hydrogen-bond acceptors (Lipinski definition) is 3. The van der Waals surface area contributed by atoms with Gasteiger partial charge in [0.1, 0.15) is 0 Å². The quantitative estimate of drug-likeness (QED) is 0.787. The van der Waals surface area contributed by atoms with Gasteiger partial charge in [0, 0.05) is 31.7 Å². The molecule has 0 saturated carbocycles. The molecule has 0 aliphatic carbocycles. The highest BCUT2D eigenvalue weighted by Crippen LogP contribution is 2.44. The van der Waals surface area contributed by atoms with Crippen molar-refractivity contribution in [1.29, 1.82) is 0 Å². The Kier molecular flexibility index (Phi) is 3.50. The van der Waals surface area contributed by atoms with Crippen molar-refractivity contribution in [3.63, 3.8) is 0 Å². The second kappa shape index (κ2) is 4.72. The third-order valence-corrected chi connectivity index (χ3v) is 4.04. The zero-order chi connectivity index (χ0) is 11.6. The average Bonchev–Trinajstić information content (AvgIpc) is 2.59. The molecule has 4 heteroatoms. The Bertz CT molecular complexity index is 261. The highest BCUT2D eigenvalue weighted by atomic mass is 16.5. The highest BCUT2D eigenvalue weighted by molar-refractivity contribution is 5.72. The van der Waals surface area contributed by atoms with Gasteiger partial charge in [-0.05, 0) is 25.8 Å². The van der Waals surface area contributed by atoms with Gasteiger partial charge in [-0.1, -0.05) is 6.92 Å². The monoisotopic (exact) mass is 227 g/mol. The summed E-state index contributed by atoms with van der Waals surface area (Å²) in [5.74, 6) is -0.816. The Morgan fingerprint density at radius 3 is 2.75 bits per heavy atom. The lowest BCUT2D eigenvalue weighted by atomic mass is 9.72. The zero-order valence-corrected chi connectivity index (χ0v) is 9.95. The lowest BCUT2D eigenvalue weighted by Gasteiger charge is -2.36. The normalized spacial score (nSPS) is 29.7. The van der Waals surface area contributed by atoms with Gasteiger partial charge < -0.3 is 14.7 Å². The fraction of sp³-hybridized carbons (Fsp3) is 0.917. The highest BCUT2D eigenvalue weighted by Gasteiger charge is 2.50. The molecule has 2 aliphatic heterocycles. The molecule has 2 rings (SSSR count). The molecule has 1 unspecified atom stereocenters. The van der Waals surface area contributed by atoms with E-state index in [1.165, 1.54) is 0 Å². The van der Waals surface area contributed by atoms with Crippen molar-refractivity contribution in [3.8, 4) is 0 Å². The van der Waals surface area contributed by atoms with E-state index in [0.29, 0.717) is 0 Å². The van der Waals surface area contributed by atoms with E-state index in [9.17, 15) is 9.90 Å². The minimum atomic E-state index is -0.625. The molecule has 16 heavy (non-hydrogen) atoms. The van der Waals surface area contributed by atoms with Gasteiger partial charge in [-0.2, -0.15) is 0 Å². The van der Waals surface area contributed by atoms with Gasteiger partial charge in [0.25, 0.3) is 0 Å². The summed E-state index contributed by atoms with van der Waals surface area (Å²) in [7, 11) is 0. The number of rotatable bonds is 3. The van der Waals surface area contributed by atoms with Crippen LogP contribution in [0.15, 0.2) is 0 Å². The maximum atomic E-state index is 11.4. The second-order valence-corrected chi connectivity index (χ2v) is 5.10. The van der Waals surface area contributed by atoms with Crippen LogP contribution < -0.4 is 0 Å². The standard InChI is InChI=1S/C12H21NO3/c1-2-5-13-8-10(11(14)15)12(9-13)3-6-16-7-4-12/h10H,2-9H2,1H3,(H,14,15). The molecule has 4 nitrogen and oxygen atoms in total. The maximum Gasteiger partial charge on any atom is 0.308 e. The first-order chi connectivity index (χ1) is 7.68. The smallest absolute Gasteiger partial charge is 0.308 e. The van der Waals surface area contributed by atoms with Crippen molar-refractivity contribution < 1.29 is 14.6 Å². The number of carboxylic acids is 1. The summed E-state index contributed by atoms with van der Waals surface area (Å²) in [6, 6.07) is 0. The molecule has 92 valence electrons. The maximum absolute atomic E-state index is 11.4. The number of carbonyl (C=O) groups is 1. The summed E-state index contributed by atoms with van der Waals surface area (Å²) in [5.41, 5.74) is -0.0146. The van der Waals surface area contributed by atoms with Crippen LogP contribution in [0.3, 0.4) is 0 Å². The van der Waals surface area contributed by atoms with Gasteiger partial charge in [-0.3, -0.25) is 4.79 Å². The number of nitrogens with zero attached hydrogens (tertiary/aromatic N) is 1. The van der Waals surface area contributed by atoms with Gasteiger partial charge >= 0.3 is 5.97 Å². The first-order valence-electron chi connectivity index (χ1n) is 6.21. The van der Waals surface area contributed by atoms with Crippen LogP contribution in [-0.2, 0) is 9.53 Å². The SMILES string of the molecule is CCCN1CC(C(=O)O)C2(CCOCC2)C1. The lowest BCUT2D eigenvalue weighted by molar-refractivity contribution is -0.146. The predicted octanol–water partition coefficient (Wildman–Crippen LogP) is 1.21. The van der Waals surface area contributed by atoms with Crippen molar-refractivity contribution in [2.45, 2.75) is 26.2 Å². The van der Waals surface area contributed by atoms with Crippen LogP contribution in [0.2, 0.25) is 0 Å². The van der Waals surface area contributed by atoms with Crippen molar-refractivity contribution in [1.82, 2.24) is 4.90 Å². The van der Waals surface area contributed by atoms with Gasteiger partial charge in [-0.25, -0.2) is 0 Å². The molecule has 2 saturated heterocycles. The average molecular weight is 227 g/mol. The van der Waals surface area contributed by atoms with Crippen molar-refractivity contribution in [2.75, 3.05) is 32.8 Å². The Morgan fingerprint density at radius 2 is 2.19 bits per heavy atom. The van der Waals surface area contributed by atoms with Crippen LogP contribution in [0.5, 0.6) is 0 Å². The minimum Gasteiger partial charge on any atom is -0.481 e. The predicted molar refractivity (Wildman–Crippen MR) is 60.3 cm³/mol. The van der Waals surface area contributed by atoms with Crippen LogP contribution in [0.25, 0.3) is 0 Å². The van der Waals surface area contributed by atoms with Crippen molar-refractivity contribution in [3.05, 3.63) is 0 Å². The Hall–Kier alpha value is -0.610. The van der Waals surface area contributed by atoms with Crippen molar-refractivity contribution in [2.24, 2.45) is 11.3 Å². The Labute approximate surface area is 96.6 Å². The molecule has 0 aromatic carbocycles. The molecule has 2 aliphatic rings. The molecular weight excluding hydrogens is 206 g/mol. The summed E-state index contributed by atoms with van der Waals surface area (Å²) in [5, 5.41) is 9.35. The fourth-order valence-corrected chi connectivity index (χ4v) is 3.18. The van der Waals surface area contributed by atoms with Gasteiger partial charge in [-0.15, -0.1) is 0 Å². The van der Waals surface area contributed by atoms with Gasteiger partial charge in [0.15, 0.2) is 0 Å². The molecule has 0 amide bonds. The minimum absolute atomic E-state index is 0.0146. The van der Waals surface area contributed by atoms with Crippen LogP contribution in [0.1, 0.15) is 26.2 Å². The van der Waals surface area contributed by atoms with E-state index in [1.54, 1.807) is 0 Å². The fourth-order valence-electron chi connectivity index (χ4n) is 3.18. The zero-order valence-electron chi connectivity index (χ0n) is 9.95. The van der Waals surface area contributed by atoms with E-state index < -0.39 is 5.97 Å². The number of likely N-dealkylation sites (tertiary alicyclic amines) is 1. The van der Waals surface area contributed by atoms with Crippen LogP contribution >= 0.6 is 0 Å². The van der Waals surface area contributed by atoms with Crippen LogP contribution in [-0.4, -0.2) is 48.8 Å². The molecule has 0 bridgehead atoms. The summed E-state index contributed by atoms with van der Waals surface area (Å²) in [6.07, 6.45) is 2.91. The second-order valence-electron chi connectivity index (χ2n) is 5.10. The molecule has 0 aromatic heterocycles. The molecule has 1 spiro atoms. The molecule has 1 atom stereocenters. The van der Waals surface area contributed by atoms with E-state index >= 15 is 0 Å². The van der Waals surface area contributed by atoms with Crippen LogP contribution in [0.4, 0.5) is 0 Å². The van der Waals surface area contributed by atoms with E-state index in [-0.39, 0.29) is 11.3 Å². The number of aliphatic carboxylic acids is 1. The molecule has 1 N–H and O–H groups in total. The van der Waals surface area contributed by atoms with E-state index in [0.717, 1.165) is 52.1 Å². The number of hydrogen-bond donors (Lipinski definition) is 1. The van der Waals surface area contributed by atoms with E-state index in [1.807, 2.05) is 0 Å². The van der Waals surface area contributed by atoms with Crippen LogP contribution in [0, 0.1) is 11.3 Å². The van der Waals surface area contributed by atoms with Crippen molar-refractivity contribution >= 4 is 5.97 Å². The van der Waals surface area contributed by atoms with Gasteiger partial charge in [0.2, 0.25) is 0 Å². The summed E-state index contributed by atoms with van der Waals surface area (Å²) in [6.45, 7) is 6.29. The first kappa shape index (κ1) is 11.9. The first-order valence-corrected chi connectivity index (χ1v) is 6.21. The molecule has 2 heterocycles.